The van der Waals surface area contributed by atoms with Crippen molar-refractivity contribution in [3.63, 3.8) is 0 Å². The minimum absolute atomic E-state index is 0.00253. The number of hydrogen-bond donors (Lipinski definition) is 1. The van der Waals surface area contributed by atoms with E-state index in [1.807, 2.05) is 16.8 Å². The van der Waals surface area contributed by atoms with Gasteiger partial charge >= 0.3 is 0 Å². The van der Waals surface area contributed by atoms with Gasteiger partial charge in [0.05, 0.1) is 0 Å². The molecule has 0 amide bonds. The van der Waals surface area contributed by atoms with Gasteiger partial charge in [-0.25, -0.2) is 8.42 Å². The summed E-state index contributed by atoms with van der Waals surface area (Å²) >= 11 is 1.58. The van der Waals surface area contributed by atoms with Crippen molar-refractivity contribution in [1.29, 1.82) is 0 Å². The predicted octanol–water partition coefficient (Wildman–Crippen LogP) is 1.92. The average Bonchev–Trinajstić information content (AvgIpc) is 3.30. The van der Waals surface area contributed by atoms with Crippen molar-refractivity contribution in [3.05, 3.63) is 40.6 Å². The highest BCUT2D eigenvalue weighted by molar-refractivity contribution is 7.89. The molecule has 1 saturated heterocycles. The van der Waals surface area contributed by atoms with Gasteiger partial charge in [0, 0.05) is 31.5 Å². The number of rotatable bonds is 4. The zero-order valence-electron chi connectivity index (χ0n) is 13.5. The van der Waals surface area contributed by atoms with Crippen LogP contribution in [0.15, 0.2) is 39.9 Å². The molecule has 0 unspecified atom stereocenters. The maximum Gasteiger partial charge on any atom is 0.246 e. The lowest BCUT2D eigenvalue weighted by molar-refractivity contribution is 0.166. The first kappa shape index (κ1) is 16.8. The Labute approximate surface area is 150 Å². The fourth-order valence-electron chi connectivity index (χ4n) is 3.47. The number of aliphatic hydroxyl groups is 1. The van der Waals surface area contributed by atoms with Gasteiger partial charge in [0.2, 0.25) is 10.0 Å². The molecule has 0 spiro atoms. The highest BCUT2D eigenvalue weighted by Gasteiger charge is 2.41. The van der Waals surface area contributed by atoms with Crippen molar-refractivity contribution in [2.24, 2.45) is 5.92 Å². The maximum atomic E-state index is 13.2. The van der Waals surface area contributed by atoms with Crippen LogP contribution >= 0.6 is 11.3 Å². The Morgan fingerprint density at radius 2 is 2.04 bits per heavy atom. The number of fused-ring (bicyclic) bond motifs is 1. The van der Waals surface area contributed by atoms with Crippen LogP contribution in [-0.2, 0) is 10.0 Å². The Kier molecular flexibility index (Phi) is 4.45. The molecule has 1 fully saturated rings. The second-order valence-electron chi connectivity index (χ2n) is 6.21. The van der Waals surface area contributed by atoms with Crippen molar-refractivity contribution in [2.75, 3.05) is 32.9 Å². The Morgan fingerprint density at radius 3 is 2.80 bits per heavy atom. The van der Waals surface area contributed by atoms with Crippen LogP contribution in [0.4, 0.5) is 0 Å². The van der Waals surface area contributed by atoms with Crippen LogP contribution in [0, 0.1) is 5.92 Å². The molecule has 8 heteroatoms. The van der Waals surface area contributed by atoms with E-state index in [2.05, 4.69) is 0 Å². The minimum Gasteiger partial charge on any atom is -0.486 e. The molecule has 0 saturated carbocycles. The molecular formula is C17H19NO5S2. The number of ether oxygens (including phenoxy) is 2. The Balaban J connectivity index is 1.68. The fraction of sp³-hybridized carbons (Fsp3) is 0.412. The molecule has 0 radical (unpaired) electrons. The quantitative estimate of drug-likeness (QED) is 0.876. The number of hydrogen-bond acceptors (Lipinski definition) is 6. The molecule has 2 atom stereocenters. The van der Waals surface area contributed by atoms with Gasteiger partial charge in [0.1, 0.15) is 18.1 Å². The van der Waals surface area contributed by atoms with Gasteiger partial charge in [0.15, 0.2) is 11.5 Å². The van der Waals surface area contributed by atoms with E-state index in [0.29, 0.717) is 32.1 Å². The normalized spacial score (nSPS) is 23.7. The summed E-state index contributed by atoms with van der Waals surface area (Å²) in [5, 5.41) is 13.7. The molecule has 25 heavy (non-hydrogen) atoms. The van der Waals surface area contributed by atoms with Crippen LogP contribution in [0.1, 0.15) is 11.5 Å². The molecule has 2 aliphatic rings. The lowest BCUT2D eigenvalue weighted by Crippen LogP contribution is -2.30. The molecule has 2 aromatic rings. The molecule has 1 aromatic heterocycles. The van der Waals surface area contributed by atoms with Gasteiger partial charge < -0.3 is 14.6 Å². The van der Waals surface area contributed by atoms with E-state index >= 15 is 0 Å². The smallest absolute Gasteiger partial charge is 0.246 e. The van der Waals surface area contributed by atoms with Gasteiger partial charge in [0.25, 0.3) is 0 Å². The minimum atomic E-state index is -3.73. The van der Waals surface area contributed by atoms with Crippen molar-refractivity contribution >= 4 is 21.4 Å². The van der Waals surface area contributed by atoms with E-state index in [1.54, 1.807) is 29.5 Å². The zero-order valence-corrected chi connectivity index (χ0v) is 15.1. The van der Waals surface area contributed by atoms with E-state index in [-0.39, 0.29) is 29.1 Å². The van der Waals surface area contributed by atoms with Crippen molar-refractivity contribution < 1.29 is 23.0 Å². The highest BCUT2D eigenvalue weighted by Crippen LogP contribution is 2.41. The molecule has 4 rings (SSSR count). The van der Waals surface area contributed by atoms with E-state index in [1.165, 1.54) is 4.31 Å². The van der Waals surface area contributed by atoms with Crippen molar-refractivity contribution in [1.82, 2.24) is 4.31 Å². The van der Waals surface area contributed by atoms with Crippen LogP contribution in [0.3, 0.4) is 0 Å². The highest BCUT2D eigenvalue weighted by atomic mass is 32.2. The summed E-state index contributed by atoms with van der Waals surface area (Å²) in [5.41, 5.74) is 1.08. The third kappa shape index (κ3) is 2.93. The van der Waals surface area contributed by atoms with Crippen molar-refractivity contribution in [2.45, 2.75) is 10.8 Å². The van der Waals surface area contributed by atoms with Crippen molar-refractivity contribution in [3.8, 4) is 11.5 Å². The average molecular weight is 381 g/mol. The lowest BCUT2D eigenvalue weighted by Gasteiger charge is -2.23. The number of benzene rings is 1. The second-order valence-corrected chi connectivity index (χ2v) is 8.89. The molecule has 6 nitrogen and oxygen atoms in total. The van der Waals surface area contributed by atoms with E-state index in [0.717, 1.165) is 5.56 Å². The number of thiophene rings is 1. The summed E-state index contributed by atoms with van der Waals surface area (Å²) in [6.07, 6.45) is 0. The molecule has 1 aromatic carbocycles. The van der Waals surface area contributed by atoms with Crippen LogP contribution in [0.25, 0.3) is 0 Å². The van der Waals surface area contributed by atoms with E-state index < -0.39 is 10.0 Å². The lowest BCUT2D eigenvalue weighted by atomic mass is 9.92. The van der Waals surface area contributed by atoms with Crippen LogP contribution in [-0.4, -0.2) is 50.7 Å². The van der Waals surface area contributed by atoms with Gasteiger partial charge in [-0.05, 0) is 34.5 Å². The topological polar surface area (TPSA) is 76.1 Å². The van der Waals surface area contributed by atoms with Crippen LogP contribution in [0.5, 0.6) is 11.5 Å². The van der Waals surface area contributed by atoms with Crippen LogP contribution in [0.2, 0.25) is 0 Å². The standard InChI is InChI=1S/C17H19NO5S2/c19-10-13-8-18(9-14(13)12-4-7-24-11-12)25(20,21)16-3-1-2-15-17(16)23-6-5-22-15/h1-4,7,11,13-14,19H,5-6,8-10H2/t13-,14+/m1/s1. The number of sulfonamides is 1. The molecule has 0 bridgehead atoms. The summed E-state index contributed by atoms with van der Waals surface area (Å²) in [7, 11) is -3.73. The van der Waals surface area contributed by atoms with Gasteiger partial charge in [-0.3, -0.25) is 0 Å². The van der Waals surface area contributed by atoms with E-state index in [4.69, 9.17) is 9.47 Å². The summed E-state index contributed by atoms with van der Waals surface area (Å²) in [4.78, 5) is 0.132. The summed E-state index contributed by atoms with van der Waals surface area (Å²) < 4.78 is 38.9. The van der Waals surface area contributed by atoms with Gasteiger partial charge in [-0.15, -0.1) is 0 Å². The molecule has 134 valence electrons. The predicted molar refractivity (Wildman–Crippen MR) is 93.8 cm³/mol. The molecule has 1 N–H and O–H groups in total. The monoisotopic (exact) mass is 381 g/mol. The molecular weight excluding hydrogens is 362 g/mol. The molecule has 2 aliphatic heterocycles. The fourth-order valence-corrected chi connectivity index (χ4v) is 5.86. The number of nitrogens with zero attached hydrogens (tertiary/aromatic N) is 1. The van der Waals surface area contributed by atoms with Gasteiger partial charge in [-0.1, -0.05) is 6.07 Å². The Bertz CT molecular complexity index is 850. The maximum absolute atomic E-state index is 13.2. The first-order valence-electron chi connectivity index (χ1n) is 8.13. The summed E-state index contributed by atoms with van der Waals surface area (Å²) in [6.45, 7) is 1.35. The zero-order chi connectivity index (χ0) is 17.4. The third-order valence-electron chi connectivity index (χ3n) is 4.76. The molecule has 0 aliphatic carbocycles. The first-order valence-corrected chi connectivity index (χ1v) is 10.5. The first-order chi connectivity index (χ1) is 12.1. The SMILES string of the molecule is O=S(=O)(c1cccc2c1OCCO2)N1C[C@H](CO)[C@H](c2ccsc2)C1. The summed E-state index contributed by atoms with van der Waals surface area (Å²) in [6, 6.07) is 6.92. The largest absolute Gasteiger partial charge is 0.486 e. The number of aliphatic hydroxyl groups excluding tert-OH is 1. The van der Waals surface area contributed by atoms with Gasteiger partial charge in [-0.2, -0.15) is 15.6 Å². The number of para-hydroxylation sites is 1. The van der Waals surface area contributed by atoms with Crippen LogP contribution < -0.4 is 9.47 Å². The molecule has 3 heterocycles. The third-order valence-corrected chi connectivity index (χ3v) is 7.32. The Hall–Kier alpha value is -1.61. The van der Waals surface area contributed by atoms with E-state index in [9.17, 15) is 13.5 Å². The second kappa shape index (κ2) is 6.60. The summed E-state index contributed by atoms with van der Waals surface area (Å²) in [5.74, 6) is 0.636. The Morgan fingerprint density at radius 1 is 1.20 bits per heavy atom.